The molecule has 5 heteroatoms. The number of nitrogens with two attached hydrogens (primary N) is 1. The van der Waals surface area contributed by atoms with E-state index < -0.39 is 0 Å². The van der Waals surface area contributed by atoms with Crippen LogP contribution in [0.3, 0.4) is 0 Å². The Labute approximate surface area is 124 Å². The van der Waals surface area contributed by atoms with Crippen molar-refractivity contribution in [3.8, 4) is 11.8 Å². The van der Waals surface area contributed by atoms with E-state index >= 15 is 0 Å². The molecule has 0 bridgehead atoms. The fraction of sp³-hybridized carbons (Fsp3) is 0.438. The molecule has 21 heavy (non-hydrogen) atoms. The van der Waals surface area contributed by atoms with Crippen LogP contribution >= 0.6 is 0 Å². The molecule has 1 heterocycles. The summed E-state index contributed by atoms with van der Waals surface area (Å²) in [6.07, 6.45) is -0.0708. The SMILES string of the molecule is Cc1cc(C(=O)NCC2COCCO2)ccc1C#CCN. The first-order chi connectivity index (χ1) is 10.2. The van der Waals surface area contributed by atoms with Crippen LogP contribution in [0.25, 0.3) is 0 Å². The van der Waals surface area contributed by atoms with Crippen molar-refractivity contribution in [2.45, 2.75) is 13.0 Å². The molecule has 1 aliphatic heterocycles. The minimum absolute atomic E-state index is 0.0708. The average Bonchev–Trinajstić information content (AvgIpc) is 2.52. The van der Waals surface area contributed by atoms with E-state index in [1.54, 1.807) is 6.07 Å². The van der Waals surface area contributed by atoms with E-state index in [0.717, 1.165) is 11.1 Å². The van der Waals surface area contributed by atoms with Crippen molar-refractivity contribution in [3.05, 3.63) is 34.9 Å². The summed E-state index contributed by atoms with van der Waals surface area (Å²) in [6.45, 7) is 4.42. The Kier molecular flexibility index (Phi) is 5.76. The maximum atomic E-state index is 12.1. The zero-order chi connectivity index (χ0) is 15.1. The normalized spacial score (nSPS) is 17.7. The second kappa shape index (κ2) is 7.79. The van der Waals surface area contributed by atoms with Gasteiger partial charge in [-0.3, -0.25) is 4.79 Å². The molecule has 1 amide bonds. The number of rotatable bonds is 3. The van der Waals surface area contributed by atoms with Crippen LogP contribution in [-0.4, -0.2) is 44.9 Å². The van der Waals surface area contributed by atoms with Gasteiger partial charge in [-0.25, -0.2) is 0 Å². The van der Waals surface area contributed by atoms with Crippen molar-refractivity contribution in [3.63, 3.8) is 0 Å². The quantitative estimate of drug-likeness (QED) is 0.792. The molecule has 112 valence electrons. The van der Waals surface area contributed by atoms with Crippen molar-refractivity contribution in [1.82, 2.24) is 5.32 Å². The fourth-order valence-corrected chi connectivity index (χ4v) is 2.05. The van der Waals surface area contributed by atoms with E-state index in [4.69, 9.17) is 15.2 Å². The van der Waals surface area contributed by atoms with E-state index in [9.17, 15) is 4.79 Å². The van der Waals surface area contributed by atoms with Gasteiger partial charge in [-0.2, -0.15) is 0 Å². The van der Waals surface area contributed by atoms with Crippen LogP contribution < -0.4 is 11.1 Å². The number of amides is 1. The van der Waals surface area contributed by atoms with Gasteiger partial charge in [0.15, 0.2) is 0 Å². The van der Waals surface area contributed by atoms with Gasteiger partial charge in [-0.15, -0.1) is 0 Å². The molecular weight excluding hydrogens is 268 g/mol. The summed E-state index contributed by atoms with van der Waals surface area (Å²) in [6, 6.07) is 5.43. The zero-order valence-corrected chi connectivity index (χ0v) is 12.1. The minimum Gasteiger partial charge on any atom is -0.376 e. The van der Waals surface area contributed by atoms with E-state index in [1.165, 1.54) is 0 Å². The van der Waals surface area contributed by atoms with Crippen LogP contribution in [0.5, 0.6) is 0 Å². The number of benzene rings is 1. The number of hydrogen-bond acceptors (Lipinski definition) is 4. The summed E-state index contributed by atoms with van der Waals surface area (Å²) in [5.41, 5.74) is 7.82. The molecule has 1 aromatic carbocycles. The van der Waals surface area contributed by atoms with Gasteiger partial charge in [0, 0.05) is 17.7 Å². The summed E-state index contributed by atoms with van der Waals surface area (Å²) in [7, 11) is 0. The predicted octanol–water partition coefficient (Wildman–Crippen LogP) is 0.450. The summed E-state index contributed by atoms with van der Waals surface area (Å²) in [5, 5.41) is 2.86. The molecule has 0 aromatic heterocycles. The number of aryl methyl sites for hydroxylation is 1. The molecule has 1 fully saturated rings. The van der Waals surface area contributed by atoms with E-state index in [-0.39, 0.29) is 12.0 Å². The van der Waals surface area contributed by atoms with Crippen LogP contribution in [0.4, 0.5) is 0 Å². The lowest BCUT2D eigenvalue weighted by Gasteiger charge is -2.23. The Morgan fingerprint density at radius 1 is 1.48 bits per heavy atom. The lowest BCUT2D eigenvalue weighted by Crippen LogP contribution is -2.39. The number of carbonyl (C=O) groups excluding carboxylic acids is 1. The Balaban J connectivity index is 1.94. The number of ether oxygens (including phenoxy) is 2. The smallest absolute Gasteiger partial charge is 0.251 e. The first kappa shape index (κ1) is 15.5. The molecule has 1 aromatic rings. The predicted molar refractivity (Wildman–Crippen MR) is 80.0 cm³/mol. The Morgan fingerprint density at radius 3 is 3.00 bits per heavy atom. The fourth-order valence-electron chi connectivity index (χ4n) is 2.05. The molecule has 0 saturated carbocycles. The van der Waals surface area contributed by atoms with Gasteiger partial charge in [0.1, 0.15) is 0 Å². The molecule has 2 rings (SSSR count). The molecule has 3 N–H and O–H groups in total. The highest BCUT2D eigenvalue weighted by atomic mass is 16.6. The lowest BCUT2D eigenvalue weighted by atomic mass is 10.0. The summed E-state index contributed by atoms with van der Waals surface area (Å²) < 4.78 is 10.8. The van der Waals surface area contributed by atoms with Crippen molar-refractivity contribution >= 4 is 5.91 Å². The molecular formula is C16H20N2O3. The molecule has 0 aliphatic carbocycles. The van der Waals surface area contributed by atoms with Crippen molar-refractivity contribution in [2.75, 3.05) is 32.9 Å². The van der Waals surface area contributed by atoms with Crippen LogP contribution in [0.2, 0.25) is 0 Å². The second-order valence-corrected chi connectivity index (χ2v) is 4.81. The summed E-state index contributed by atoms with van der Waals surface area (Å²) in [5.74, 6) is 5.67. The lowest BCUT2D eigenvalue weighted by molar-refractivity contribution is -0.0855. The van der Waals surface area contributed by atoms with Gasteiger partial charge in [-0.1, -0.05) is 11.8 Å². The van der Waals surface area contributed by atoms with E-state index in [2.05, 4.69) is 17.2 Å². The molecule has 5 nitrogen and oxygen atoms in total. The number of carbonyl (C=O) groups is 1. The van der Waals surface area contributed by atoms with Crippen LogP contribution in [-0.2, 0) is 9.47 Å². The van der Waals surface area contributed by atoms with Crippen molar-refractivity contribution in [2.24, 2.45) is 5.73 Å². The Hall–Kier alpha value is -1.87. The first-order valence-corrected chi connectivity index (χ1v) is 6.98. The maximum Gasteiger partial charge on any atom is 0.251 e. The standard InChI is InChI=1S/C16H20N2O3/c1-12-9-14(5-4-13(12)3-2-6-17)16(19)18-10-15-11-20-7-8-21-15/h4-5,9,15H,6-8,10-11,17H2,1H3,(H,18,19). The zero-order valence-electron chi connectivity index (χ0n) is 12.1. The molecule has 1 unspecified atom stereocenters. The summed E-state index contributed by atoms with van der Waals surface area (Å²) in [4.78, 5) is 12.1. The van der Waals surface area contributed by atoms with Gasteiger partial charge in [-0.05, 0) is 30.7 Å². The minimum atomic E-state index is -0.120. The summed E-state index contributed by atoms with van der Waals surface area (Å²) >= 11 is 0. The molecule has 0 radical (unpaired) electrons. The second-order valence-electron chi connectivity index (χ2n) is 4.81. The third-order valence-electron chi connectivity index (χ3n) is 3.19. The van der Waals surface area contributed by atoms with Crippen LogP contribution in [0, 0.1) is 18.8 Å². The average molecular weight is 288 g/mol. The van der Waals surface area contributed by atoms with Gasteiger partial charge in [0.05, 0.1) is 32.5 Å². The Morgan fingerprint density at radius 2 is 2.33 bits per heavy atom. The largest absolute Gasteiger partial charge is 0.376 e. The maximum absolute atomic E-state index is 12.1. The van der Waals surface area contributed by atoms with Crippen molar-refractivity contribution in [1.29, 1.82) is 0 Å². The monoisotopic (exact) mass is 288 g/mol. The third kappa shape index (κ3) is 4.57. The van der Waals surface area contributed by atoms with E-state index in [1.807, 2.05) is 19.1 Å². The molecule has 1 aliphatic rings. The van der Waals surface area contributed by atoms with Crippen LogP contribution in [0.15, 0.2) is 18.2 Å². The highest BCUT2D eigenvalue weighted by Gasteiger charge is 2.16. The van der Waals surface area contributed by atoms with Gasteiger partial charge in [0.25, 0.3) is 5.91 Å². The molecule has 1 saturated heterocycles. The first-order valence-electron chi connectivity index (χ1n) is 6.98. The van der Waals surface area contributed by atoms with Gasteiger partial charge >= 0.3 is 0 Å². The van der Waals surface area contributed by atoms with Crippen molar-refractivity contribution < 1.29 is 14.3 Å². The van der Waals surface area contributed by atoms with Gasteiger partial charge < -0.3 is 20.5 Å². The number of nitrogens with one attached hydrogen (secondary N) is 1. The topological polar surface area (TPSA) is 73.6 Å². The molecule has 1 atom stereocenters. The third-order valence-corrected chi connectivity index (χ3v) is 3.19. The molecule has 0 spiro atoms. The highest BCUT2D eigenvalue weighted by molar-refractivity contribution is 5.94. The van der Waals surface area contributed by atoms with Gasteiger partial charge in [0.2, 0.25) is 0 Å². The highest BCUT2D eigenvalue weighted by Crippen LogP contribution is 2.10. The van der Waals surface area contributed by atoms with E-state index in [0.29, 0.717) is 38.5 Å². The number of hydrogen-bond donors (Lipinski definition) is 2. The Bertz CT molecular complexity index is 554. The van der Waals surface area contributed by atoms with Crippen LogP contribution in [0.1, 0.15) is 21.5 Å².